The van der Waals surface area contributed by atoms with Crippen molar-refractivity contribution in [1.29, 1.82) is 5.26 Å². The number of aromatic nitrogens is 1. The molecule has 138 valence electrons. The predicted octanol–water partition coefficient (Wildman–Crippen LogP) is 4.83. The molecule has 5 heteroatoms. The van der Waals surface area contributed by atoms with Crippen LogP contribution in [0.25, 0.3) is 11.5 Å². The fourth-order valence-electron chi connectivity index (χ4n) is 3.98. The fourth-order valence-corrected chi connectivity index (χ4v) is 3.98. The number of piperidine rings is 1. The Morgan fingerprint density at radius 2 is 2.08 bits per heavy atom. The van der Waals surface area contributed by atoms with Gasteiger partial charge >= 0.3 is 0 Å². The van der Waals surface area contributed by atoms with Crippen LogP contribution in [0.1, 0.15) is 39.2 Å². The average molecular weight is 355 g/mol. The van der Waals surface area contributed by atoms with E-state index in [1.807, 2.05) is 45.0 Å². The van der Waals surface area contributed by atoms with Gasteiger partial charge in [-0.25, -0.2) is 9.37 Å². The van der Waals surface area contributed by atoms with Gasteiger partial charge in [-0.15, -0.1) is 0 Å². The largest absolute Gasteiger partial charge is 0.445 e. The van der Waals surface area contributed by atoms with Crippen molar-refractivity contribution >= 4 is 0 Å². The highest BCUT2D eigenvalue weighted by atomic mass is 19.1. The molecular formula is C21H26FN3O. The van der Waals surface area contributed by atoms with E-state index in [1.165, 1.54) is 0 Å². The second kappa shape index (κ2) is 7.20. The van der Waals surface area contributed by atoms with E-state index in [9.17, 15) is 5.26 Å². The summed E-state index contributed by atoms with van der Waals surface area (Å²) < 4.78 is 20.5. The summed E-state index contributed by atoms with van der Waals surface area (Å²) in [7, 11) is 0. The van der Waals surface area contributed by atoms with Crippen molar-refractivity contribution in [3.8, 4) is 17.5 Å². The number of halogens is 1. The lowest BCUT2D eigenvalue weighted by atomic mass is 9.59. The quantitative estimate of drug-likeness (QED) is 0.788. The summed E-state index contributed by atoms with van der Waals surface area (Å²) >= 11 is 0. The Hall–Kier alpha value is -2.19. The summed E-state index contributed by atoms with van der Waals surface area (Å²) in [5, 5.41) is 9.23. The summed E-state index contributed by atoms with van der Waals surface area (Å²) in [5.41, 5.74) is 1.27. The third-order valence-corrected chi connectivity index (χ3v) is 5.82. The normalized spacial score (nSPS) is 24.3. The lowest BCUT2D eigenvalue weighted by Gasteiger charge is -2.51. The van der Waals surface area contributed by atoms with Crippen molar-refractivity contribution in [2.45, 2.75) is 46.3 Å². The molecule has 0 N–H and O–H groups in total. The molecule has 1 saturated heterocycles. The first-order chi connectivity index (χ1) is 12.4. The van der Waals surface area contributed by atoms with Crippen LogP contribution in [0.4, 0.5) is 4.39 Å². The minimum atomic E-state index is -0.998. The van der Waals surface area contributed by atoms with Crippen LogP contribution in [0.3, 0.4) is 0 Å². The molecule has 3 rings (SSSR count). The lowest BCUT2D eigenvalue weighted by Crippen LogP contribution is -2.54. The van der Waals surface area contributed by atoms with Crippen molar-refractivity contribution in [2.24, 2.45) is 10.8 Å². The first-order valence-electron chi connectivity index (χ1n) is 9.08. The molecule has 4 nitrogen and oxygen atoms in total. The maximum atomic E-state index is 15.2. The van der Waals surface area contributed by atoms with Crippen LogP contribution in [-0.2, 0) is 6.54 Å². The zero-order valence-electron chi connectivity index (χ0n) is 15.7. The molecule has 0 spiro atoms. The first-order valence-corrected chi connectivity index (χ1v) is 9.08. The summed E-state index contributed by atoms with van der Waals surface area (Å²) in [6.07, 6.45) is 3.17. The predicted molar refractivity (Wildman–Crippen MR) is 98.8 cm³/mol. The molecule has 1 aliphatic rings. The molecule has 1 aromatic carbocycles. The maximum Gasteiger partial charge on any atom is 0.225 e. The van der Waals surface area contributed by atoms with Crippen LogP contribution in [0.15, 0.2) is 41.1 Å². The van der Waals surface area contributed by atoms with Crippen LogP contribution in [0.5, 0.6) is 0 Å². The van der Waals surface area contributed by atoms with Gasteiger partial charge in [-0.2, -0.15) is 5.26 Å². The van der Waals surface area contributed by atoms with Crippen molar-refractivity contribution < 1.29 is 8.81 Å². The van der Waals surface area contributed by atoms with Gasteiger partial charge in [-0.3, -0.25) is 4.90 Å². The Bertz CT molecular complexity index is 758. The zero-order chi connectivity index (χ0) is 18.8. The number of hydrogen-bond acceptors (Lipinski definition) is 4. The van der Waals surface area contributed by atoms with Crippen molar-refractivity contribution in [3.05, 3.63) is 42.3 Å². The SMILES string of the molecule is CC(C)(C)C1(CC#N)CCN(Cc2ccc(-c3ncco3)cc2)CC1F. The Balaban J connectivity index is 1.67. The molecule has 2 unspecified atom stereocenters. The number of rotatable bonds is 4. The number of likely N-dealkylation sites (tertiary alicyclic amines) is 1. The van der Waals surface area contributed by atoms with E-state index in [0.717, 1.165) is 17.7 Å². The van der Waals surface area contributed by atoms with Gasteiger partial charge in [-0.1, -0.05) is 32.9 Å². The van der Waals surface area contributed by atoms with E-state index in [1.54, 1.807) is 12.5 Å². The second-order valence-corrected chi connectivity index (χ2v) is 8.23. The minimum Gasteiger partial charge on any atom is -0.445 e. The summed E-state index contributed by atoms with van der Waals surface area (Å²) in [6.45, 7) is 8.04. The van der Waals surface area contributed by atoms with Crippen LogP contribution >= 0.6 is 0 Å². The third-order valence-electron chi connectivity index (χ3n) is 5.82. The van der Waals surface area contributed by atoms with E-state index in [2.05, 4.69) is 16.0 Å². The summed E-state index contributed by atoms with van der Waals surface area (Å²) in [4.78, 5) is 6.29. The number of nitriles is 1. The zero-order valence-corrected chi connectivity index (χ0v) is 15.7. The highest BCUT2D eigenvalue weighted by Crippen LogP contribution is 2.50. The molecule has 0 saturated carbocycles. The van der Waals surface area contributed by atoms with Crippen LogP contribution in [0.2, 0.25) is 0 Å². The maximum absolute atomic E-state index is 15.2. The van der Waals surface area contributed by atoms with Gasteiger partial charge in [0.25, 0.3) is 0 Å². The van der Waals surface area contributed by atoms with Crippen LogP contribution < -0.4 is 0 Å². The van der Waals surface area contributed by atoms with Gasteiger partial charge in [0.15, 0.2) is 0 Å². The van der Waals surface area contributed by atoms with Gasteiger partial charge in [0.1, 0.15) is 12.4 Å². The van der Waals surface area contributed by atoms with Crippen molar-refractivity contribution in [3.63, 3.8) is 0 Å². The third kappa shape index (κ3) is 3.52. The van der Waals surface area contributed by atoms with Crippen LogP contribution in [0, 0.1) is 22.2 Å². The second-order valence-electron chi connectivity index (χ2n) is 8.23. The van der Waals surface area contributed by atoms with Gasteiger partial charge in [0.2, 0.25) is 5.89 Å². The van der Waals surface area contributed by atoms with Gasteiger partial charge < -0.3 is 4.42 Å². The monoisotopic (exact) mass is 355 g/mol. The molecule has 2 heterocycles. The first kappa shape index (κ1) is 18.6. The molecule has 1 fully saturated rings. The Kier molecular flexibility index (Phi) is 5.15. The Morgan fingerprint density at radius 3 is 2.62 bits per heavy atom. The fraction of sp³-hybridized carbons (Fsp3) is 0.524. The van der Waals surface area contributed by atoms with Gasteiger partial charge in [-0.05, 0) is 36.1 Å². The molecular weight excluding hydrogens is 329 g/mol. The molecule has 2 atom stereocenters. The molecule has 0 radical (unpaired) electrons. The average Bonchev–Trinajstić information content (AvgIpc) is 3.12. The topological polar surface area (TPSA) is 53.1 Å². The number of hydrogen-bond donors (Lipinski definition) is 0. The van der Waals surface area contributed by atoms with E-state index >= 15 is 4.39 Å². The molecule has 2 aromatic rings. The van der Waals surface area contributed by atoms with Gasteiger partial charge in [0.05, 0.1) is 12.3 Å². The number of nitrogens with zero attached hydrogens (tertiary/aromatic N) is 3. The smallest absolute Gasteiger partial charge is 0.225 e. The summed E-state index contributed by atoms with van der Waals surface area (Å²) in [5.74, 6) is 0.602. The number of alkyl halides is 1. The number of oxazole rings is 1. The lowest BCUT2D eigenvalue weighted by molar-refractivity contribution is -0.0660. The molecule has 1 aromatic heterocycles. The standard InChI is InChI=1S/C21H26FN3O/c1-20(2,3)21(8-10-23)9-12-25(15-18(21)22)14-16-4-6-17(7-5-16)19-24-11-13-26-19/h4-7,11,13,18H,8-9,12,14-15H2,1-3H3. The van der Waals surface area contributed by atoms with Gasteiger partial charge in [0, 0.05) is 30.5 Å². The molecule has 0 aliphatic carbocycles. The minimum absolute atomic E-state index is 0.230. The highest BCUT2D eigenvalue weighted by Gasteiger charge is 2.51. The number of benzene rings is 1. The molecule has 0 bridgehead atoms. The molecule has 0 amide bonds. The summed E-state index contributed by atoms with van der Waals surface area (Å²) in [6, 6.07) is 10.3. The van der Waals surface area contributed by atoms with Crippen molar-refractivity contribution in [2.75, 3.05) is 13.1 Å². The van der Waals surface area contributed by atoms with E-state index in [0.29, 0.717) is 25.4 Å². The molecule has 26 heavy (non-hydrogen) atoms. The van der Waals surface area contributed by atoms with E-state index < -0.39 is 11.6 Å². The Labute approximate surface area is 154 Å². The van der Waals surface area contributed by atoms with Crippen molar-refractivity contribution in [1.82, 2.24) is 9.88 Å². The Morgan fingerprint density at radius 1 is 1.35 bits per heavy atom. The highest BCUT2D eigenvalue weighted by molar-refractivity contribution is 5.53. The van der Waals surface area contributed by atoms with E-state index in [-0.39, 0.29) is 11.8 Å². The van der Waals surface area contributed by atoms with E-state index in [4.69, 9.17) is 4.42 Å². The molecule has 1 aliphatic heterocycles. The van der Waals surface area contributed by atoms with Crippen LogP contribution in [-0.4, -0.2) is 29.1 Å².